The first kappa shape index (κ1) is 17.9. The number of nitrogens with zero attached hydrogens (tertiary/aromatic N) is 3. The van der Waals surface area contributed by atoms with Crippen LogP contribution in [0.1, 0.15) is 37.7 Å². The zero-order valence-corrected chi connectivity index (χ0v) is 15.5. The van der Waals surface area contributed by atoms with Gasteiger partial charge in [0.25, 0.3) is 5.91 Å². The van der Waals surface area contributed by atoms with Gasteiger partial charge in [-0.05, 0) is 69.3 Å². The van der Waals surface area contributed by atoms with Crippen molar-refractivity contribution in [2.75, 3.05) is 33.3 Å². The lowest BCUT2D eigenvalue weighted by Gasteiger charge is -2.59. The predicted octanol–water partition coefficient (Wildman–Crippen LogP) is 2.41. The van der Waals surface area contributed by atoms with Gasteiger partial charge in [-0.1, -0.05) is 0 Å². The molecule has 3 aliphatic rings. The smallest absolute Gasteiger partial charge is 0.260 e. The Hall–Kier alpha value is -1.53. The molecule has 26 heavy (non-hydrogen) atoms. The van der Waals surface area contributed by atoms with E-state index in [2.05, 4.69) is 16.9 Å². The summed E-state index contributed by atoms with van der Waals surface area (Å²) < 4.78 is 20.3. The summed E-state index contributed by atoms with van der Waals surface area (Å²) >= 11 is 0. The van der Waals surface area contributed by atoms with Crippen molar-refractivity contribution in [1.82, 2.24) is 14.8 Å². The second kappa shape index (κ2) is 6.89. The molecule has 1 aliphatic carbocycles. The number of alkyl halides is 1. The van der Waals surface area contributed by atoms with Gasteiger partial charge >= 0.3 is 0 Å². The van der Waals surface area contributed by atoms with E-state index in [-0.39, 0.29) is 11.4 Å². The fraction of sp³-hybridized carbons (Fsp3) is 0.700. The zero-order chi connectivity index (χ0) is 18.2. The number of aromatic nitrogens is 1. The number of pyridine rings is 1. The molecule has 2 aliphatic heterocycles. The van der Waals surface area contributed by atoms with Crippen LogP contribution in [0.3, 0.4) is 0 Å². The Balaban J connectivity index is 1.28. The van der Waals surface area contributed by atoms with Crippen LogP contribution < -0.4 is 0 Å². The van der Waals surface area contributed by atoms with Crippen molar-refractivity contribution in [2.45, 2.75) is 49.9 Å². The van der Waals surface area contributed by atoms with Crippen molar-refractivity contribution in [3.63, 3.8) is 0 Å². The Morgan fingerprint density at radius 1 is 1.35 bits per heavy atom. The molecule has 0 aromatic carbocycles. The summed E-state index contributed by atoms with van der Waals surface area (Å²) in [5, 5.41) is 0. The molecule has 1 spiro atoms. The summed E-state index contributed by atoms with van der Waals surface area (Å²) in [4.78, 5) is 20.5. The minimum Gasteiger partial charge on any atom is -0.376 e. The molecule has 6 heteroatoms. The molecule has 1 aromatic heterocycles. The first-order valence-corrected chi connectivity index (χ1v) is 9.67. The highest BCUT2D eigenvalue weighted by Gasteiger charge is 2.56. The van der Waals surface area contributed by atoms with Gasteiger partial charge in [0, 0.05) is 32.1 Å². The molecule has 0 N–H and O–H groups in total. The predicted molar refractivity (Wildman–Crippen MR) is 96.2 cm³/mol. The van der Waals surface area contributed by atoms with Gasteiger partial charge in [0.15, 0.2) is 5.67 Å². The Labute approximate surface area is 154 Å². The van der Waals surface area contributed by atoms with Crippen LogP contribution in [0, 0.1) is 5.92 Å². The van der Waals surface area contributed by atoms with E-state index in [1.165, 1.54) is 0 Å². The summed E-state index contributed by atoms with van der Waals surface area (Å²) in [6.45, 7) is 3.67. The van der Waals surface area contributed by atoms with E-state index in [0.717, 1.165) is 38.0 Å². The zero-order valence-electron chi connectivity index (χ0n) is 15.5. The monoisotopic (exact) mass is 361 g/mol. The first-order valence-electron chi connectivity index (χ1n) is 9.67. The number of piperidine rings is 1. The second-order valence-corrected chi connectivity index (χ2v) is 8.36. The molecule has 2 saturated heterocycles. The van der Waals surface area contributed by atoms with Gasteiger partial charge in [-0.25, -0.2) is 4.39 Å². The lowest BCUT2D eigenvalue weighted by Crippen LogP contribution is -2.74. The number of likely N-dealkylation sites (N-methyl/N-ethyl adjacent to an activating group) is 1. The molecule has 3 heterocycles. The summed E-state index contributed by atoms with van der Waals surface area (Å²) in [7, 11) is 2.13. The van der Waals surface area contributed by atoms with Crippen molar-refractivity contribution in [2.24, 2.45) is 5.92 Å². The van der Waals surface area contributed by atoms with E-state index in [1.807, 2.05) is 12.1 Å². The van der Waals surface area contributed by atoms with E-state index in [4.69, 9.17) is 4.74 Å². The Bertz CT molecular complexity index is 644. The number of likely N-dealkylation sites (tertiary alicyclic amines) is 2. The summed E-state index contributed by atoms with van der Waals surface area (Å²) in [6.07, 6.45) is 7.32. The summed E-state index contributed by atoms with van der Waals surface area (Å²) in [5.74, 6) is 0.215. The Morgan fingerprint density at radius 2 is 2.08 bits per heavy atom. The molecule has 3 fully saturated rings. The molecule has 0 radical (unpaired) electrons. The third kappa shape index (κ3) is 3.25. The van der Waals surface area contributed by atoms with Gasteiger partial charge < -0.3 is 9.64 Å². The average Bonchev–Trinajstić information content (AvgIpc) is 2.59. The van der Waals surface area contributed by atoms with Gasteiger partial charge in [0.1, 0.15) is 0 Å². The number of carbonyl (C=O) groups is 1. The van der Waals surface area contributed by atoms with Crippen LogP contribution in [0.25, 0.3) is 0 Å². The Kier molecular flexibility index (Phi) is 4.73. The van der Waals surface area contributed by atoms with E-state index in [1.54, 1.807) is 17.3 Å². The molecule has 1 unspecified atom stereocenters. The van der Waals surface area contributed by atoms with Gasteiger partial charge in [-0.15, -0.1) is 0 Å². The number of rotatable bonds is 5. The highest BCUT2D eigenvalue weighted by molar-refractivity contribution is 5.87. The fourth-order valence-corrected chi connectivity index (χ4v) is 4.54. The van der Waals surface area contributed by atoms with Crippen molar-refractivity contribution in [3.05, 3.63) is 30.1 Å². The van der Waals surface area contributed by atoms with Crippen molar-refractivity contribution in [3.8, 4) is 0 Å². The molecular formula is C20H28FN3O2. The molecule has 142 valence electrons. The lowest BCUT2D eigenvalue weighted by atomic mass is 9.73. The molecular weight excluding hydrogens is 333 g/mol. The van der Waals surface area contributed by atoms with E-state index >= 15 is 0 Å². The van der Waals surface area contributed by atoms with Gasteiger partial charge in [0.2, 0.25) is 0 Å². The van der Waals surface area contributed by atoms with Gasteiger partial charge in [0.05, 0.1) is 12.1 Å². The van der Waals surface area contributed by atoms with Crippen LogP contribution in [0.15, 0.2) is 24.5 Å². The van der Waals surface area contributed by atoms with Crippen LogP contribution in [0.4, 0.5) is 4.39 Å². The number of ether oxygens (including phenoxy) is 1. The van der Waals surface area contributed by atoms with Crippen LogP contribution in [0.5, 0.6) is 0 Å². The highest BCUT2D eigenvalue weighted by atomic mass is 19.1. The minimum absolute atomic E-state index is 0.0126. The highest BCUT2D eigenvalue weighted by Crippen LogP contribution is 2.43. The maximum absolute atomic E-state index is 14.4. The normalized spacial score (nSPS) is 27.0. The largest absolute Gasteiger partial charge is 0.376 e. The third-order valence-corrected chi connectivity index (χ3v) is 6.51. The van der Waals surface area contributed by atoms with Crippen LogP contribution in [-0.2, 0) is 16.1 Å². The first-order chi connectivity index (χ1) is 12.5. The average molecular weight is 361 g/mol. The van der Waals surface area contributed by atoms with Gasteiger partial charge in [-0.3, -0.25) is 14.7 Å². The van der Waals surface area contributed by atoms with Crippen molar-refractivity contribution in [1.29, 1.82) is 0 Å². The lowest BCUT2D eigenvalue weighted by molar-refractivity contribution is -0.169. The quantitative estimate of drug-likeness (QED) is 0.808. The van der Waals surface area contributed by atoms with E-state index in [0.29, 0.717) is 38.5 Å². The molecule has 5 nitrogen and oxygen atoms in total. The molecule has 1 aromatic rings. The summed E-state index contributed by atoms with van der Waals surface area (Å²) in [6, 6.07) is 3.94. The fourth-order valence-electron chi connectivity index (χ4n) is 4.54. The number of amides is 1. The van der Waals surface area contributed by atoms with E-state index < -0.39 is 5.67 Å². The third-order valence-electron chi connectivity index (χ3n) is 6.51. The Morgan fingerprint density at radius 3 is 2.73 bits per heavy atom. The minimum atomic E-state index is -1.57. The van der Waals surface area contributed by atoms with Crippen LogP contribution in [0.2, 0.25) is 0 Å². The van der Waals surface area contributed by atoms with Crippen molar-refractivity contribution >= 4 is 5.91 Å². The molecule has 0 bridgehead atoms. The van der Waals surface area contributed by atoms with Gasteiger partial charge in [-0.2, -0.15) is 0 Å². The summed E-state index contributed by atoms with van der Waals surface area (Å²) in [5.41, 5.74) is -0.419. The standard InChI is InChI=1S/C20H28FN3O2/c1-23-10-5-17(13-26-12-16-3-8-22-9-4-16)11-19(23)14-24(15-19)18(25)20(21)6-2-7-20/h3-4,8-9,17H,2,5-7,10-15H2,1H3. The number of halogens is 1. The molecule has 4 rings (SSSR count). The molecule has 1 saturated carbocycles. The number of hydrogen-bond acceptors (Lipinski definition) is 4. The topological polar surface area (TPSA) is 45.7 Å². The van der Waals surface area contributed by atoms with Crippen molar-refractivity contribution < 1.29 is 13.9 Å². The maximum atomic E-state index is 14.4. The molecule has 1 atom stereocenters. The van der Waals surface area contributed by atoms with Crippen LogP contribution in [-0.4, -0.2) is 65.2 Å². The SMILES string of the molecule is CN1CCC(COCc2ccncc2)CC12CN(C(=O)C1(F)CCC1)C2. The molecule has 1 amide bonds. The van der Waals surface area contributed by atoms with Crippen LogP contribution >= 0.6 is 0 Å². The number of carbonyl (C=O) groups excluding carboxylic acids is 1. The van der Waals surface area contributed by atoms with E-state index in [9.17, 15) is 9.18 Å². The maximum Gasteiger partial charge on any atom is 0.260 e. The second-order valence-electron chi connectivity index (χ2n) is 8.36. The number of hydrogen-bond donors (Lipinski definition) is 0.